The van der Waals surface area contributed by atoms with Gasteiger partial charge in [0, 0.05) is 10.9 Å². The number of aromatic amines is 1. The largest absolute Gasteiger partial charge is 0.469 e. The highest BCUT2D eigenvalue weighted by molar-refractivity contribution is 7.10. The normalized spacial score (nSPS) is 11.7. The number of rotatable bonds is 5. The molecular formula is C14H14N2O4S. The number of ether oxygens (including phenoxy) is 1. The average Bonchev–Trinajstić information content (AvgIpc) is 3.00. The number of methoxy groups -OCH3 is 1. The second-order valence-corrected chi connectivity index (χ2v) is 5.23. The third-order valence-electron chi connectivity index (χ3n) is 2.80. The number of hydrogen-bond acceptors (Lipinski definition) is 5. The highest BCUT2D eigenvalue weighted by Crippen LogP contribution is 2.22. The third-order valence-corrected chi connectivity index (χ3v) is 3.79. The summed E-state index contributed by atoms with van der Waals surface area (Å²) in [5.41, 5.74) is -0.211. The van der Waals surface area contributed by atoms with E-state index in [1.165, 1.54) is 36.6 Å². The molecule has 0 aliphatic heterocycles. The molecule has 0 fully saturated rings. The van der Waals surface area contributed by atoms with E-state index < -0.39 is 17.9 Å². The second kappa shape index (κ2) is 6.85. The van der Waals surface area contributed by atoms with Crippen LogP contribution in [-0.2, 0) is 9.53 Å². The number of thiophene rings is 1. The van der Waals surface area contributed by atoms with Gasteiger partial charge in [-0.05, 0) is 17.5 Å². The Kier molecular flexibility index (Phi) is 4.89. The fourth-order valence-corrected chi connectivity index (χ4v) is 2.56. The van der Waals surface area contributed by atoms with Gasteiger partial charge in [0.05, 0.1) is 19.6 Å². The van der Waals surface area contributed by atoms with E-state index >= 15 is 0 Å². The molecule has 2 rings (SSSR count). The number of aromatic nitrogens is 1. The molecule has 6 nitrogen and oxygen atoms in total. The summed E-state index contributed by atoms with van der Waals surface area (Å²) in [5, 5.41) is 4.59. The van der Waals surface area contributed by atoms with Crippen molar-refractivity contribution in [1.82, 2.24) is 10.3 Å². The molecule has 0 saturated heterocycles. The van der Waals surface area contributed by atoms with Crippen LogP contribution in [0.25, 0.3) is 0 Å². The zero-order valence-electron chi connectivity index (χ0n) is 11.3. The van der Waals surface area contributed by atoms with E-state index in [-0.39, 0.29) is 17.7 Å². The van der Waals surface area contributed by atoms with E-state index in [0.717, 1.165) is 4.88 Å². The number of nitrogens with one attached hydrogen (secondary N) is 2. The van der Waals surface area contributed by atoms with Gasteiger partial charge in [0.25, 0.3) is 5.91 Å². The first-order valence-corrected chi connectivity index (χ1v) is 7.08. The average molecular weight is 306 g/mol. The molecule has 0 aromatic carbocycles. The fraction of sp³-hybridized carbons (Fsp3) is 0.214. The van der Waals surface area contributed by atoms with E-state index in [0.29, 0.717) is 0 Å². The van der Waals surface area contributed by atoms with Gasteiger partial charge >= 0.3 is 5.97 Å². The highest BCUT2D eigenvalue weighted by Gasteiger charge is 2.20. The predicted molar refractivity (Wildman–Crippen MR) is 78.2 cm³/mol. The van der Waals surface area contributed by atoms with Crippen molar-refractivity contribution in [2.45, 2.75) is 12.5 Å². The maximum atomic E-state index is 12.1. The van der Waals surface area contributed by atoms with Gasteiger partial charge in [-0.1, -0.05) is 12.1 Å². The van der Waals surface area contributed by atoms with Gasteiger partial charge in [-0.2, -0.15) is 0 Å². The summed E-state index contributed by atoms with van der Waals surface area (Å²) >= 11 is 1.43. The SMILES string of the molecule is COC(=O)CC(NC(=O)c1cccc(=O)[nH]1)c1cccs1. The molecule has 0 aliphatic carbocycles. The molecule has 110 valence electrons. The van der Waals surface area contributed by atoms with E-state index in [1.54, 1.807) is 0 Å². The molecular weight excluding hydrogens is 292 g/mol. The summed E-state index contributed by atoms with van der Waals surface area (Å²) in [5.74, 6) is -0.870. The quantitative estimate of drug-likeness (QED) is 0.819. The lowest BCUT2D eigenvalue weighted by Crippen LogP contribution is -2.31. The molecule has 2 aromatic rings. The first-order valence-electron chi connectivity index (χ1n) is 6.20. The van der Waals surface area contributed by atoms with Gasteiger partial charge in [0.2, 0.25) is 5.56 Å². The van der Waals surface area contributed by atoms with Crippen LogP contribution in [0.2, 0.25) is 0 Å². The molecule has 2 heterocycles. The first kappa shape index (κ1) is 15.0. The molecule has 1 unspecified atom stereocenters. The molecule has 1 atom stereocenters. The van der Waals surface area contributed by atoms with Crippen LogP contribution in [0, 0.1) is 0 Å². The van der Waals surface area contributed by atoms with Crippen molar-refractivity contribution in [3.8, 4) is 0 Å². The fourth-order valence-electron chi connectivity index (χ4n) is 1.78. The maximum absolute atomic E-state index is 12.1. The minimum Gasteiger partial charge on any atom is -0.469 e. The molecule has 7 heteroatoms. The topological polar surface area (TPSA) is 88.3 Å². The number of esters is 1. The van der Waals surface area contributed by atoms with Crippen LogP contribution >= 0.6 is 11.3 Å². The van der Waals surface area contributed by atoms with Crippen LogP contribution in [0.4, 0.5) is 0 Å². The minimum atomic E-state index is -0.492. The lowest BCUT2D eigenvalue weighted by molar-refractivity contribution is -0.141. The number of carbonyl (C=O) groups is 2. The van der Waals surface area contributed by atoms with E-state index in [1.807, 2.05) is 17.5 Å². The Morgan fingerprint density at radius 1 is 1.33 bits per heavy atom. The van der Waals surface area contributed by atoms with Crippen LogP contribution in [0.15, 0.2) is 40.5 Å². The monoisotopic (exact) mass is 306 g/mol. The van der Waals surface area contributed by atoms with Crippen LogP contribution in [0.3, 0.4) is 0 Å². The Morgan fingerprint density at radius 3 is 2.76 bits per heavy atom. The Morgan fingerprint density at radius 2 is 2.14 bits per heavy atom. The lowest BCUT2D eigenvalue weighted by Gasteiger charge is -2.16. The van der Waals surface area contributed by atoms with E-state index in [9.17, 15) is 14.4 Å². The van der Waals surface area contributed by atoms with Crippen molar-refractivity contribution >= 4 is 23.2 Å². The Labute approximate surface area is 124 Å². The molecule has 21 heavy (non-hydrogen) atoms. The van der Waals surface area contributed by atoms with Crippen molar-refractivity contribution < 1.29 is 14.3 Å². The molecule has 0 bridgehead atoms. The Hall–Kier alpha value is -2.41. The van der Waals surface area contributed by atoms with Crippen molar-refractivity contribution in [2.75, 3.05) is 7.11 Å². The summed E-state index contributed by atoms with van der Waals surface area (Å²) in [7, 11) is 1.30. The molecule has 0 radical (unpaired) electrons. The molecule has 2 N–H and O–H groups in total. The zero-order valence-corrected chi connectivity index (χ0v) is 12.1. The van der Waals surface area contributed by atoms with Crippen LogP contribution in [0.5, 0.6) is 0 Å². The Bertz CT molecular complexity index is 678. The van der Waals surface area contributed by atoms with Crippen molar-refractivity contribution in [3.05, 3.63) is 56.6 Å². The maximum Gasteiger partial charge on any atom is 0.307 e. The van der Waals surface area contributed by atoms with Crippen molar-refractivity contribution in [1.29, 1.82) is 0 Å². The smallest absolute Gasteiger partial charge is 0.307 e. The molecule has 0 saturated carbocycles. The second-order valence-electron chi connectivity index (χ2n) is 4.25. The van der Waals surface area contributed by atoms with Gasteiger partial charge in [0.15, 0.2) is 0 Å². The Balaban J connectivity index is 2.16. The summed E-state index contributed by atoms with van der Waals surface area (Å²) in [6.07, 6.45) is 0.0276. The van der Waals surface area contributed by atoms with E-state index in [2.05, 4.69) is 15.0 Å². The molecule has 0 spiro atoms. The summed E-state index contributed by atoms with van der Waals surface area (Å²) in [4.78, 5) is 38.1. The van der Waals surface area contributed by atoms with Crippen molar-refractivity contribution in [3.63, 3.8) is 0 Å². The molecule has 0 aliphatic rings. The number of H-pyrrole nitrogens is 1. The van der Waals surface area contributed by atoms with Crippen LogP contribution < -0.4 is 10.9 Å². The highest BCUT2D eigenvalue weighted by atomic mass is 32.1. The number of amides is 1. The van der Waals surface area contributed by atoms with Gasteiger partial charge in [-0.25, -0.2) is 0 Å². The molecule has 2 aromatic heterocycles. The summed E-state index contributed by atoms with van der Waals surface area (Å²) in [6.45, 7) is 0. The summed E-state index contributed by atoms with van der Waals surface area (Å²) < 4.78 is 4.64. The van der Waals surface area contributed by atoms with Gasteiger partial charge in [-0.3, -0.25) is 14.4 Å². The molecule has 1 amide bonds. The minimum absolute atomic E-state index is 0.0276. The first-order chi connectivity index (χ1) is 10.1. The number of pyridine rings is 1. The predicted octanol–water partition coefficient (Wildman–Crippen LogP) is 1.47. The summed E-state index contributed by atoms with van der Waals surface area (Å²) in [6, 6.07) is 7.48. The third kappa shape index (κ3) is 4.03. The number of carbonyl (C=O) groups excluding carboxylic acids is 2. The number of hydrogen-bond donors (Lipinski definition) is 2. The van der Waals surface area contributed by atoms with Crippen LogP contribution in [0.1, 0.15) is 27.8 Å². The van der Waals surface area contributed by atoms with Crippen LogP contribution in [-0.4, -0.2) is 24.0 Å². The zero-order chi connectivity index (χ0) is 15.2. The van der Waals surface area contributed by atoms with Gasteiger partial charge < -0.3 is 15.0 Å². The standard InChI is InChI=1S/C14H14N2O4S/c1-20-13(18)8-10(11-5-3-7-21-11)16-14(19)9-4-2-6-12(17)15-9/h2-7,10H,8H2,1H3,(H,15,17)(H,16,19). The lowest BCUT2D eigenvalue weighted by atomic mass is 10.1. The van der Waals surface area contributed by atoms with Gasteiger partial charge in [-0.15, -0.1) is 11.3 Å². The van der Waals surface area contributed by atoms with E-state index in [4.69, 9.17) is 0 Å². The van der Waals surface area contributed by atoms with Crippen molar-refractivity contribution in [2.24, 2.45) is 0 Å². The van der Waals surface area contributed by atoms with Gasteiger partial charge in [0.1, 0.15) is 5.69 Å².